The van der Waals surface area contributed by atoms with Crippen LogP contribution in [0.15, 0.2) is 84.9 Å². The fraction of sp³-hybridized carbons (Fsp3) is 0.406. The predicted molar refractivity (Wildman–Crippen MR) is 147 cm³/mol. The summed E-state index contributed by atoms with van der Waals surface area (Å²) in [5.74, 6) is 1.56. The first-order valence-corrected chi connectivity index (χ1v) is 13.5. The second-order valence-corrected chi connectivity index (χ2v) is 10.3. The van der Waals surface area contributed by atoms with Gasteiger partial charge in [-0.1, -0.05) is 79.6 Å². The van der Waals surface area contributed by atoms with E-state index in [2.05, 4.69) is 40.1 Å². The molecule has 2 aliphatic rings. The van der Waals surface area contributed by atoms with Gasteiger partial charge in [0, 0.05) is 36.9 Å². The molecule has 0 bridgehead atoms. The molecule has 5 rings (SSSR count). The van der Waals surface area contributed by atoms with Gasteiger partial charge in [-0.15, -0.1) is 0 Å². The lowest BCUT2D eigenvalue weighted by Gasteiger charge is -2.45. The van der Waals surface area contributed by atoms with E-state index in [0.29, 0.717) is 18.4 Å². The maximum atomic E-state index is 13.7. The number of likely N-dealkylation sites (tertiary alicyclic amines) is 1. The van der Waals surface area contributed by atoms with Gasteiger partial charge in [0.05, 0.1) is 13.5 Å². The Bertz CT molecular complexity index is 1110. The van der Waals surface area contributed by atoms with Crippen LogP contribution >= 0.6 is 0 Å². The van der Waals surface area contributed by atoms with Gasteiger partial charge in [0.25, 0.3) is 0 Å². The SMILES string of the molecule is COc1cccc(N(C(=O)Cc2ccccc2)C2CCN([C@@H]3CCCC[C@@H]3c3ccccc3)CC2)c1. The van der Waals surface area contributed by atoms with Gasteiger partial charge in [0.1, 0.15) is 5.75 Å². The van der Waals surface area contributed by atoms with Crippen LogP contribution in [0.3, 0.4) is 0 Å². The molecule has 1 heterocycles. The van der Waals surface area contributed by atoms with Crippen molar-refractivity contribution < 1.29 is 9.53 Å². The summed E-state index contributed by atoms with van der Waals surface area (Å²) in [6, 6.07) is 30.0. The molecule has 0 radical (unpaired) electrons. The Labute approximate surface area is 215 Å². The van der Waals surface area contributed by atoms with Gasteiger partial charge in [0.2, 0.25) is 5.91 Å². The third kappa shape index (κ3) is 5.65. The van der Waals surface area contributed by atoms with Crippen LogP contribution in [-0.2, 0) is 11.2 Å². The third-order valence-corrected chi connectivity index (χ3v) is 8.09. The molecule has 0 N–H and O–H groups in total. The van der Waals surface area contributed by atoms with Crippen molar-refractivity contribution in [2.45, 2.75) is 62.9 Å². The lowest BCUT2D eigenvalue weighted by atomic mass is 9.78. The minimum absolute atomic E-state index is 0.160. The van der Waals surface area contributed by atoms with E-state index in [4.69, 9.17) is 4.74 Å². The highest BCUT2D eigenvalue weighted by Crippen LogP contribution is 2.38. The van der Waals surface area contributed by atoms with Gasteiger partial charge in [-0.2, -0.15) is 0 Å². The van der Waals surface area contributed by atoms with Crippen LogP contribution < -0.4 is 9.64 Å². The second kappa shape index (κ2) is 11.7. The lowest BCUT2D eigenvalue weighted by Crippen LogP contribution is -2.52. The van der Waals surface area contributed by atoms with E-state index in [1.807, 2.05) is 54.6 Å². The van der Waals surface area contributed by atoms with E-state index in [1.54, 1.807) is 7.11 Å². The van der Waals surface area contributed by atoms with Crippen molar-refractivity contribution in [1.29, 1.82) is 0 Å². The van der Waals surface area contributed by atoms with E-state index < -0.39 is 0 Å². The van der Waals surface area contributed by atoms with Crippen molar-refractivity contribution in [1.82, 2.24) is 4.90 Å². The molecule has 4 nitrogen and oxygen atoms in total. The highest BCUT2D eigenvalue weighted by molar-refractivity contribution is 5.95. The molecule has 4 heteroatoms. The number of benzene rings is 3. The molecule has 0 spiro atoms. The molecule has 1 saturated heterocycles. The van der Waals surface area contributed by atoms with Crippen LogP contribution in [0.25, 0.3) is 0 Å². The van der Waals surface area contributed by atoms with Crippen molar-refractivity contribution in [3.8, 4) is 5.75 Å². The van der Waals surface area contributed by atoms with E-state index in [0.717, 1.165) is 42.9 Å². The van der Waals surface area contributed by atoms with Crippen LogP contribution in [0.2, 0.25) is 0 Å². The molecular formula is C32H38N2O2. The van der Waals surface area contributed by atoms with Crippen molar-refractivity contribution in [2.75, 3.05) is 25.1 Å². The van der Waals surface area contributed by atoms with E-state index in [-0.39, 0.29) is 11.9 Å². The zero-order chi connectivity index (χ0) is 24.7. The Kier molecular flexibility index (Phi) is 8.02. The molecule has 1 saturated carbocycles. The number of carbonyl (C=O) groups excluding carboxylic acids is 1. The standard InChI is InChI=1S/C32H38N2O2/c1-36-29-16-10-15-28(24-29)34(32(35)23-25-11-4-2-5-12-25)27-19-21-33(22-20-27)31-18-9-8-17-30(31)26-13-6-3-7-14-26/h2-7,10-16,24,27,30-31H,8-9,17-23H2,1H3/t30-,31-/m1/s1. The van der Waals surface area contributed by atoms with Gasteiger partial charge in [0.15, 0.2) is 0 Å². The van der Waals surface area contributed by atoms with E-state index in [9.17, 15) is 4.79 Å². The number of amides is 1. The number of carbonyl (C=O) groups is 1. The van der Waals surface area contributed by atoms with Gasteiger partial charge < -0.3 is 9.64 Å². The second-order valence-electron chi connectivity index (χ2n) is 10.3. The van der Waals surface area contributed by atoms with E-state index >= 15 is 0 Å². The van der Waals surface area contributed by atoms with Crippen LogP contribution in [0.1, 0.15) is 55.6 Å². The third-order valence-electron chi connectivity index (χ3n) is 8.09. The Morgan fingerprint density at radius 2 is 1.56 bits per heavy atom. The molecule has 0 unspecified atom stereocenters. The lowest BCUT2D eigenvalue weighted by molar-refractivity contribution is -0.118. The van der Waals surface area contributed by atoms with Gasteiger partial charge in [-0.3, -0.25) is 9.69 Å². The molecule has 2 fully saturated rings. The highest BCUT2D eigenvalue weighted by Gasteiger charge is 2.36. The summed E-state index contributed by atoms with van der Waals surface area (Å²) in [7, 11) is 1.68. The van der Waals surface area contributed by atoms with Crippen molar-refractivity contribution in [3.63, 3.8) is 0 Å². The molecule has 3 aromatic carbocycles. The maximum Gasteiger partial charge on any atom is 0.231 e. The zero-order valence-electron chi connectivity index (χ0n) is 21.4. The van der Waals surface area contributed by atoms with Crippen LogP contribution in [0.5, 0.6) is 5.75 Å². The largest absolute Gasteiger partial charge is 0.497 e. The molecule has 3 aromatic rings. The topological polar surface area (TPSA) is 32.8 Å². The highest BCUT2D eigenvalue weighted by atomic mass is 16.5. The number of nitrogens with zero attached hydrogens (tertiary/aromatic N) is 2. The summed E-state index contributed by atoms with van der Waals surface area (Å²) in [4.78, 5) is 18.5. The van der Waals surface area contributed by atoms with Gasteiger partial charge >= 0.3 is 0 Å². The summed E-state index contributed by atoms with van der Waals surface area (Å²) >= 11 is 0. The van der Waals surface area contributed by atoms with Crippen molar-refractivity contribution in [3.05, 3.63) is 96.1 Å². The predicted octanol–water partition coefficient (Wildman–Crippen LogP) is 6.46. The monoisotopic (exact) mass is 482 g/mol. The summed E-state index contributed by atoms with van der Waals surface area (Å²) in [6.07, 6.45) is 7.60. The first kappa shape index (κ1) is 24.6. The summed E-state index contributed by atoms with van der Waals surface area (Å²) in [5.41, 5.74) is 3.48. The normalized spacial score (nSPS) is 21.1. The van der Waals surface area contributed by atoms with Gasteiger partial charge in [-0.05, 0) is 54.9 Å². The minimum Gasteiger partial charge on any atom is -0.497 e. The fourth-order valence-corrected chi connectivity index (χ4v) is 6.29. The van der Waals surface area contributed by atoms with E-state index in [1.165, 1.54) is 31.2 Å². The number of hydrogen-bond donors (Lipinski definition) is 0. The number of rotatable bonds is 7. The summed E-state index contributed by atoms with van der Waals surface area (Å²) in [5, 5.41) is 0. The Morgan fingerprint density at radius 1 is 0.861 bits per heavy atom. The number of ether oxygens (including phenoxy) is 1. The Balaban J connectivity index is 1.33. The molecule has 188 valence electrons. The Hall–Kier alpha value is -3.11. The molecule has 1 aliphatic carbocycles. The molecule has 2 atom stereocenters. The quantitative estimate of drug-likeness (QED) is 0.387. The molecule has 0 aromatic heterocycles. The van der Waals surface area contributed by atoms with Gasteiger partial charge in [-0.25, -0.2) is 0 Å². The minimum atomic E-state index is 0.160. The number of methoxy groups -OCH3 is 1. The van der Waals surface area contributed by atoms with Crippen molar-refractivity contribution >= 4 is 11.6 Å². The Morgan fingerprint density at radius 3 is 2.28 bits per heavy atom. The van der Waals surface area contributed by atoms with Crippen LogP contribution in [-0.4, -0.2) is 43.1 Å². The fourth-order valence-electron chi connectivity index (χ4n) is 6.29. The molecule has 1 amide bonds. The molecule has 1 aliphatic heterocycles. The van der Waals surface area contributed by atoms with Crippen LogP contribution in [0, 0.1) is 0 Å². The van der Waals surface area contributed by atoms with Crippen molar-refractivity contribution in [2.24, 2.45) is 0 Å². The average Bonchev–Trinajstić information content (AvgIpc) is 2.95. The average molecular weight is 483 g/mol. The maximum absolute atomic E-state index is 13.7. The van der Waals surface area contributed by atoms with Crippen LogP contribution in [0.4, 0.5) is 5.69 Å². The molecular weight excluding hydrogens is 444 g/mol. The molecule has 36 heavy (non-hydrogen) atoms. The zero-order valence-corrected chi connectivity index (χ0v) is 21.4. The summed E-state index contributed by atoms with van der Waals surface area (Å²) in [6.45, 7) is 2.08. The smallest absolute Gasteiger partial charge is 0.231 e. The number of hydrogen-bond acceptors (Lipinski definition) is 3. The number of piperidine rings is 1. The summed E-state index contributed by atoms with van der Waals surface area (Å²) < 4.78 is 5.49. The first-order valence-electron chi connectivity index (χ1n) is 13.5. The first-order chi connectivity index (χ1) is 17.7. The number of anilines is 1.